The largest absolute Gasteiger partial charge is 0.373 e. The molecule has 0 bridgehead atoms. The van der Waals surface area contributed by atoms with E-state index in [1.807, 2.05) is 0 Å². The molecule has 2 rings (SSSR count). The maximum Gasteiger partial charge on any atom is 0.135 e. The van der Waals surface area contributed by atoms with Gasteiger partial charge in [-0.2, -0.15) is 0 Å². The molecule has 118 valence electrons. The zero-order chi connectivity index (χ0) is 15.5. The van der Waals surface area contributed by atoms with Crippen molar-refractivity contribution in [3.63, 3.8) is 0 Å². The van der Waals surface area contributed by atoms with Gasteiger partial charge in [-0.1, -0.05) is 13.8 Å². The van der Waals surface area contributed by atoms with Crippen LogP contribution in [0.25, 0.3) is 0 Å². The number of nitrogens with zero attached hydrogens (tertiary/aromatic N) is 2. The summed E-state index contributed by atoms with van der Waals surface area (Å²) in [6.45, 7) is 13.0. The lowest BCUT2D eigenvalue weighted by Gasteiger charge is -2.25. The quantitative estimate of drug-likeness (QED) is 0.842. The molecule has 0 radical (unpaired) electrons. The molecule has 1 unspecified atom stereocenters. The number of nitrogens with one attached hydrogen (secondary N) is 2. The Morgan fingerprint density at radius 1 is 1.24 bits per heavy atom. The van der Waals surface area contributed by atoms with Gasteiger partial charge >= 0.3 is 0 Å². The van der Waals surface area contributed by atoms with Crippen molar-refractivity contribution in [3.8, 4) is 0 Å². The van der Waals surface area contributed by atoms with E-state index < -0.39 is 0 Å². The SMILES string of the molecule is CCNc1nc(C(C)C)nc(NCC2(C)CCCO2)c1C. The van der Waals surface area contributed by atoms with Gasteiger partial charge in [0, 0.05) is 31.2 Å². The van der Waals surface area contributed by atoms with Gasteiger partial charge in [-0.05, 0) is 33.6 Å². The highest BCUT2D eigenvalue weighted by Gasteiger charge is 2.29. The average Bonchev–Trinajstić information content (AvgIpc) is 2.87. The summed E-state index contributed by atoms with van der Waals surface area (Å²) in [5.41, 5.74) is 0.996. The van der Waals surface area contributed by atoms with Gasteiger partial charge in [0.2, 0.25) is 0 Å². The van der Waals surface area contributed by atoms with Crippen molar-refractivity contribution >= 4 is 11.6 Å². The van der Waals surface area contributed by atoms with Crippen LogP contribution < -0.4 is 10.6 Å². The first-order valence-corrected chi connectivity index (χ1v) is 7.95. The zero-order valence-electron chi connectivity index (χ0n) is 13.9. The van der Waals surface area contributed by atoms with E-state index in [1.165, 1.54) is 0 Å². The van der Waals surface area contributed by atoms with E-state index in [2.05, 4.69) is 55.2 Å². The van der Waals surface area contributed by atoms with Crippen LogP contribution in [0.4, 0.5) is 11.6 Å². The second kappa shape index (κ2) is 6.60. The van der Waals surface area contributed by atoms with E-state index in [0.717, 1.165) is 55.6 Å². The normalized spacial score (nSPS) is 21.8. The number of hydrogen-bond acceptors (Lipinski definition) is 5. The minimum absolute atomic E-state index is 0.0757. The van der Waals surface area contributed by atoms with Gasteiger partial charge in [-0.15, -0.1) is 0 Å². The Morgan fingerprint density at radius 2 is 1.90 bits per heavy atom. The topological polar surface area (TPSA) is 59.1 Å². The number of aromatic nitrogens is 2. The number of ether oxygens (including phenoxy) is 1. The Labute approximate surface area is 127 Å². The third kappa shape index (κ3) is 3.84. The summed E-state index contributed by atoms with van der Waals surface area (Å²) in [6, 6.07) is 0. The van der Waals surface area contributed by atoms with E-state index in [4.69, 9.17) is 4.74 Å². The Bertz CT molecular complexity index is 481. The molecule has 21 heavy (non-hydrogen) atoms. The lowest BCUT2D eigenvalue weighted by Crippen LogP contribution is -2.33. The Hall–Kier alpha value is -1.36. The molecular weight excluding hydrogens is 264 g/mol. The lowest BCUT2D eigenvalue weighted by atomic mass is 10.0. The maximum absolute atomic E-state index is 5.84. The van der Waals surface area contributed by atoms with Crippen LogP contribution in [0.15, 0.2) is 0 Å². The molecule has 1 saturated heterocycles. The van der Waals surface area contributed by atoms with Crippen LogP contribution in [0.1, 0.15) is 57.8 Å². The molecule has 0 spiro atoms. The first-order chi connectivity index (χ1) is 9.95. The van der Waals surface area contributed by atoms with Crippen LogP contribution in [-0.2, 0) is 4.74 Å². The number of rotatable bonds is 6. The van der Waals surface area contributed by atoms with Crippen LogP contribution in [0.2, 0.25) is 0 Å². The average molecular weight is 292 g/mol. The van der Waals surface area contributed by atoms with Crippen LogP contribution in [0.3, 0.4) is 0 Å². The fourth-order valence-corrected chi connectivity index (χ4v) is 2.55. The molecule has 1 aliphatic heterocycles. The Morgan fingerprint density at radius 3 is 2.43 bits per heavy atom. The second-order valence-electron chi connectivity index (χ2n) is 6.34. The van der Waals surface area contributed by atoms with Crippen LogP contribution in [-0.4, -0.2) is 35.3 Å². The molecule has 0 aromatic carbocycles. The standard InChI is InChI=1S/C16H28N4O/c1-6-17-14-12(4)15(20-13(19-14)11(2)3)18-10-16(5)8-7-9-21-16/h11H,6-10H2,1-5H3,(H2,17,18,19,20). The molecule has 1 aromatic rings. The summed E-state index contributed by atoms with van der Waals surface area (Å²) in [5, 5.41) is 6.80. The smallest absolute Gasteiger partial charge is 0.135 e. The number of hydrogen-bond donors (Lipinski definition) is 2. The third-order valence-corrected chi connectivity index (χ3v) is 3.95. The molecule has 0 amide bonds. The molecule has 5 nitrogen and oxygen atoms in total. The summed E-state index contributed by atoms with van der Waals surface area (Å²) >= 11 is 0. The minimum Gasteiger partial charge on any atom is -0.373 e. The van der Waals surface area contributed by atoms with Crippen molar-refractivity contribution in [2.75, 3.05) is 30.3 Å². The Balaban J connectivity index is 2.20. The lowest BCUT2D eigenvalue weighted by molar-refractivity contribution is 0.0314. The van der Waals surface area contributed by atoms with E-state index in [9.17, 15) is 0 Å². The summed E-state index contributed by atoms with van der Waals surface area (Å²) in [4.78, 5) is 9.31. The molecule has 1 aromatic heterocycles. The van der Waals surface area contributed by atoms with Crippen molar-refractivity contribution in [2.24, 2.45) is 0 Å². The predicted octanol–water partition coefficient (Wildman–Crippen LogP) is 3.32. The van der Waals surface area contributed by atoms with E-state index in [-0.39, 0.29) is 5.60 Å². The monoisotopic (exact) mass is 292 g/mol. The Kier molecular flexibility index (Phi) is 5.04. The van der Waals surface area contributed by atoms with Gasteiger partial charge in [-0.3, -0.25) is 0 Å². The molecule has 1 aliphatic rings. The van der Waals surface area contributed by atoms with Crippen molar-refractivity contribution < 1.29 is 4.74 Å². The predicted molar refractivity (Wildman–Crippen MR) is 87.1 cm³/mol. The third-order valence-electron chi connectivity index (χ3n) is 3.95. The van der Waals surface area contributed by atoms with Crippen LogP contribution >= 0.6 is 0 Å². The molecule has 0 aliphatic carbocycles. The van der Waals surface area contributed by atoms with Crippen molar-refractivity contribution in [2.45, 2.75) is 59.0 Å². The summed E-state index contributed by atoms with van der Waals surface area (Å²) in [6.07, 6.45) is 2.24. The van der Waals surface area contributed by atoms with Crippen molar-refractivity contribution in [3.05, 3.63) is 11.4 Å². The fraction of sp³-hybridized carbons (Fsp3) is 0.750. The van der Waals surface area contributed by atoms with Crippen molar-refractivity contribution in [1.82, 2.24) is 9.97 Å². The van der Waals surface area contributed by atoms with Gasteiger partial charge < -0.3 is 15.4 Å². The van der Waals surface area contributed by atoms with Gasteiger partial charge in [0.05, 0.1) is 5.60 Å². The van der Waals surface area contributed by atoms with Gasteiger partial charge in [0.25, 0.3) is 0 Å². The van der Waals surface area contributed by atoms with E-state index in [0.29, 0.717) is 5.92 Å². The summed E-state index contributed by atoms with van der Waals surface area (Å²) in [7, 11) is 0. The number of anilines is 2. The van der Waals surface area contributed by atoms with Gasteiger partial charge in [0.1, 0.15) is 17.5 Å². The molecule has 1 atom stereocenters. The van der Waals surface area contributed by atoms with E-state index >= 15 is 0 Å². The van der Waals surface area contributed by atoms with Gasteiger partial charge in [-0.25, -0.2) is 9.97 Å². The highest BCUT2D eigenvalue weighted by Crippen LogP contribution is 2.27. The minimum atomic E-state index is -0.0757. The highest BCUT2D eigenvalue weighted by atomic mass is 16.5. The summed E-state index contributed by atoms with van der Waals surface area (Å²) < 4.78 is 5.84. The van der Waals surface area contributed by atoms with Crippen LogP contribution in [0, 0.1) is 6.92 Å². The molecular formula is C16H28N4O. The zero-order valence-corrected chi connectivity index (χ0v) is 13.9. The van der Waals surface area contributed by atoms with E-state index in [1.54, 1.807) is 0 Å². The molecule has 1 fully saturated rings. The molecule has 5 heteroatoms. The molecule has 2 heterocycles. The first-order valence-electron chi connectivity index (χ1n) is 7.95. The molecule has 0 saturated carbocycles. The first kappa shape index (κ1) is 16.0. The van der Waals surface area contributed by atoms with Gasteiger partial charge in [0.15, 0.2) is 0 Å². The van der Waals surface area contributed by atoms with Crippen molar-refractivity contribution in [1.29, 1.82) is 0 Å². The fourth-order valence-electron chi connectivity index (χ4n) is 2.55. The maximum atomic E-state index is 5.84. The molecule has 2 N–H and O–H groups in total. The second-order valence-corrected chi connectivity index (χ2v) is 6.34. The summed E-state index contributed by atoms with van der Waals surface area (Å²) in [5.74, 6) is 3.02. The van der Waals surface area contributed by atoms with Crippen LogP contribution in [0.5, 0.6) is 0 Å². The highest BCUT2D eigenvalue weighted by molar-refractivity contribution is 5.57.